The van der Waals surface area contributed by atoms with Gasteiger partial charge in [-0.25, -0.2) is 0 Å². The van der Waals surface area contributed by atoms with Crippen molar-refractivity contribution in [1.82, 2.24) is 5.06 Å². The second kappa shape index (κ2) is 3.87. The molecule has 0 aromatic heterocycles. The van der Waals surface area contributed by atoms with Gasteiger partial charge in [0.25, 0.3) is 0 Å². The first-order chi connectivity index (χ1) is 6.70. The zero-order chi connectivity index (χ0) is 11.9. The van der Waals surface area contributed by atoms with Crippen LogP contribution < -0.4 is 0 Å². The van der Waals surface area contributed by atoms with E-state index in [0.29, 0.717) is 25.0 Å². The van der Waals surface area contributed by atoms with Crippen molar-refractivity contribution in [3.63, 3.8) is 0 Å². The molecule has 1 aliphatic rings. The van der Waals surface area contributed by atoms with Crippen molar-refractivity contribution in [1.29, 1.82) is 0 Å². The van der Waals surface area contributed by atoms with E-state index in [4.69, 9.17) is 0 Å². The molecule has 3 nitrogen and oxygen atoms in total. The summed E-state index contributed by atoms with van der Waals surface area (Å²) < 4.78 is 0. The first kappa shape index (κ1) is 12.7. The summed E-state index contributed by atoms with van der Waals surface area (Å²) in [6.07, 6.45) is 1.95. The van der Waals surface area contributed by atoms with Gasteiger partial charge in [-0.3, -0.25) is 4.79 Å². The van der Waals surface area contributed by atoms with Crippen molar-refractivity contribution >= 4 is 5.78 Å². The van der Waals surface area contributed by atoms with Crippen LogP contribution in [0.25, 0.3) is 0 Å². The molecular formula is C12H22NO2. The molecule has 1 fully saturated rings. The lowest BCUT2D eigenvalue weighted by Crippen LogP contribution is -2.59. The van der Waals surface area contributed by atoms with E-state index >= 15 is 0 Å². The molecule has 1 aliphatic heterocycles. The van der Waals surface area contributed by atoms with E-state index in [9.17, 15) is 10.0 Å². The van der Waals surface area contributed by atoms with Gasteiger partial charge in [0.05, 0.1) is 0 Å². The third kappa shape index (κ3) is 2.40. The summed E-state index contributed by atoms with van der Waals surface area (Å²) in [5.74, 6) is 0.356. The Labute approximate surface area is 92.4 Å². The minimum absolute atomic E-state index is 0.0604. The first-order valence-corrected chi connectivity index (χ1v) is 5.71. The zero-order valence-corrected chi connectivity index (χ0v) is 10.5. The summed E-state index contributed by atoms with van der Waals surface area (Å²) in [5.41, 5.74) is -0.839. The van der Waals surface area contributed by atoms with Gasteiger partial charge in [-0.1, -0.05) is 6.92 Å². The van der Waals surface area contributed by atoms with Gasteiger partial charge in [-0.05, 0) is 40.5 Å². The number of ketones is 1. The van der Waals surface area contributed by atoms with Crippen molar-refractivity contribution in [2.24, 2.45) is 5.92 Å². The fraction of sp³-hybridized carbons (Fsp3) is 0.917. The highest BCUT2D eigenvalue weighted by Gasteiger charge is 2.47. The van der Waals surface area contributed by atoms with Crippen LogP contribution in [0.15, 0.2) is 0 Å². The third-order valence-corrected chi connectivity index (χ3v) is 3.40. The SMILES string of the molecule is CCC(=O)C1CC(C)(C)N([O])C(C)(C)C1. The number of rotatable bonds is 2. The fourth-order valence-corrected chi connectivity index (χ4v) is 2.78. The van der Waals surface area contributed by atoms with Crippen LogP contribution >= 0.6 is 0 Å². The van der Waals surface area contributed by atoms with E-state index in [1.807, 2.05) is 34.6 Å². The Morgan fingerprint density at radius 2 is 1.60 bits per heavy atom. The molecule has 15 heavy (non-hydrogen) atoms. The van der Waals surface area contributed by atoms with Crippen molar-refractivity contribution in [3.05, 3.63) is 0 Å². The number of carbonyl (C=O) groups excluding carboxylic acids is 1. The zero-order valence-electron chi connectivity index (χ0n) is 10.5. The lowest BCUT2D eigenvalue weighted by molar-refractivity contribution is -0.292. The molecule has 87 valence electrons. The smallest absolute Gasteiger partial charge is 0.135 e. The molecule has 0 unspecified atom stereocenters. The molecule has 3 heteroatoms. The Bertz CT molecular complexity index is 240. The second-order valence-corrected chi connectivity index (χ2v) is 5.84. The van der Waals surface area contributed by atoms with Crippen LogP contribution in [0.4, 0.5) is 0 Å². The summed E-state index contributed by atoms with van der Waals surface area (Å²) in [6, 6.07) is 0. The number of Topliss-reactive ketones (excluding diaryl/α,β-unsaturated/α-hetero) is 1. The largest absolute Gasteiger partial charge is 0.299 e. The summed E-state index contributed by atoms with van der Waals surface area (Å²) in [4.78, 5) is 11.7. The first-order valence-electron chi connectivity index (χ1n) is 5.71. The maximum absolute atomic E-state index is 12.0. The molecule has 1 rings (SSSR count). The molecule has 0 saturated carbocycles. The average Bonchev–Trinajstić information content (AvgIpc) is 2.11. The predicted molar refractivity (Wildman–Crippen MR) is 58.7 cm³/mol. The van der Waals surface area contributed by atoms with Crippen LogP contribution in [0, 0.1) is 5.92 Å². The van der Waals surface area contributed by atoms with E-state index in [-0.39, 0.29) is 5.92 Å². The van der Waals surface area contributed by atoms with Crippen LogP contribution in [0.2, 0.25) is 0 Å². The van der Waals surface area contributed by atoms with Gasteiger partial charge in [-0.15, -0.1) is 10.3 Å². The van der Waals surface area contributed by atoms with Crippen LogP contribution in [0.1, 0.15) is 53.9 Å². The Balaban J connectivity index is 2.89. The quantitative estimate of drug-likeness (QED) is 0.705. The van der Waals surface area contributed by atoms with Crippen LogP contribution in [-0.2, 0) is 10.0 Å². The van der Waals surface area contributed by atoms with E-state index in [0.717, 1.165) is 0 Å². The van der Waals surface area contributed by atoms with Crippen LogP contribution in [0.5, 0.6) is 0 Å². The monoisotopic (exact) mass is 212 g/mol. The van der Waals surface area contributed by atoms with E-state index in [2.05, 4.69) is 0 Å². The maximum Gasteiger partial charge on any atom is 0.135 e. The minimum atomic E-state index is -0.419. The lowest BCUT2D eigenvalue weighted by Gasteiger charge is -2.49. The molecule has 1 radical (unpaired) electrons. The fourth-order valence-electron chi connectivity index (χ4n) is 2.78. The van der Waals surface area contributed by atoms with Crippen molar-refractivity contribution < 1.29 is 10.0 Å². The number of hydrogen-bond donors (Lipinski definition) is 0. The Morgan fingerprint density at radius 3 is 1.93 bits per heavy atom. The second-order valence-electron chi connectivity index (χ2n) is 5.84. The number of hydrogen-bond acceptors (Lipinski definition) is 2. The molecule has 0 aromatic carbocycles. The van der Waals surface area contributed by atoms with Gasteiger partial charge < -0.3 is 0 Å². The Hall–Kier alpha value is -0.410. The lowest BCUT2D eigenvalue weighted by atomic mass is 9.73. The van der Waals surface area contributed by atoms with E-state index in [1.54, 1.807) is 0 Å². The number of piperidine rings is 1. The average molecular weight is 212 g/mol. The standard InChI is InChI=1S/C12H22NO2/c1-6-10(14)9-7-11(2,3)13(15)12(4,5)8-9/h9H,6-8H2,1-5H3. The predicted octanol–water partition coefficient (Wildman–Crippen LogP) is 2.58. The van der Waals surface area contributed by atoms with Crippen LogP contribution in [-0.4, -0.2) is 21.9 Å². The minimum Gasteiger partial charge on any atom is -0.299 e. The molecule has 0 amide bonds. The number of carbonyl (C=O) groups is 1. The van der Waals surface area contributed by atoms with Crippen molar-refractivity contribution in [3.8, 4) is 0 Å². The van der Waals surface area contributed by atoms with Gasteiger partial charge >= 0.3 is 0 Å². The topological polar surface area (TPSA) is 40.2 Å². The summed E-state index contributed by atoms with van der Waals surface area (Å²) in [7, 11) is 0. The molecular weight excluding hydrogens is 190 g/mol. The van der Waals surface area contributed by atoms with Gasteiger partial charge in [0.2, 0.25) is 0 Å². The van der Waals surface area contributed by atoms with Crippen molar-refractivity contribution in [2.75, 3.05) is 0 Å². The highest BCUT2D eigenvalue weighted by atomic mass is 16.5. The van der Waals surface area contributed by atoms with Gasteiger partial charge in [-0.2, -0.15) is 0 Å². The van der Waals surface area contributed by atoms with Crippen LogP contribution in [0.3, 0.4) is 0 Å². The maximum atomic E-state index is 12.0. The highest BCUT2D eigenvalue weighted by molar-refractivity contribution is 5.81. The van der Waals surface area contributed by atoms with E-state index < -0.39 is 11.1 Å². The van der Waals surface area contributed by atoms with Gasteiger partial charge in [0.1, 0.15) is 5.78 Å². The Kier molecular flexibility index (Phi) is 3.27. The summed E-state index contributed by atoms with van der Waals surface area (Å²) in [5, 5.41) is 13.2. The third-order valence-electron chi connectivity index (χ3n) is 3.40. The van der Waals surface area contributed by atoms with E-state index in [1.165, 1.54) is 5.06 Å². The summed E-state index contributed by atoms with van der Waals surface area (Å²) in [6.45, 7) is 9.60. The molecule has 0 aromatic rings. The summed E-state index contributed by atoms with van der Waals surface area (Å²) >= 11 is 0. The van der Waals surface area contributed by atoms with Crippen molar-refractivity contribution in [2.45, 2.75) is 65.0 Å². The number of nitrogens with zero attached hydrogens (tertiary/aromatic N) is 1. The molecule has 0 aliphatic carbocycles. The molecule has 0 spiro atoms. The van der Waals surface area contributed by atoms with Gasteiger partial charge in [0, 0.05) is 23.4 Å². The highest BCUT2D eigenvalue weighted by Crippen LogP contribution is 2.40. The number of hydroxylamine groups is 2. The van der Waals surface area contributed by atoms with Gasteiger partial charge in [0.15, 0.2) is 0 Å². The molecule has 0 N–H and O–H groups in total. The molecule has 0 atom stereocenters. The Morgan fingerprint density at radius 1 is 1.20 bits per heavy atom. The molecule has 1 heterocycles. The molecule has 0 bridgehead atoms. The normalized spacial score (nSPS) is 26.5. The molecule has 1 saturated heterocycles.